The quantitative estimate of drug-likeness (QED) is 0.868. The zero-order valence-corrected chi connectivity index (χ0v) is 11.0. The Bertz CT molecular complexity index is 435. The van der Waals surface area contributed by atoms with Gasteiger partial charge in [0.05, 0.1) is 18.6 Å². The third kappa shape index (κ3) is 2.08. The van der Waals surface area contributed by atoms with E-state index in [0.29, 0.717) is 0 Å². The van der Waals surface area contributed by atoms with Gasteiger partial charge in [-0.05, 0) is 44.6 Å². The van der Waals surface area contributed by atoms with Crippen LogP contribution in [0, 0.1) is 5.41 Å². The molecule has 1 N–H and O–H groups in total. The maximum absolute atomic E-state index is 11.5. The fraction of sp³-hybridized carbons (Fsp3) is 0.500. The number of carboxylic acid groups (broad SMARTS) is 1. The predicted molar refractivity (Wildman–Crippen MR) is 68.7 cm³/mol. The summed E-state index contributed by atoms with van der Waals surface area (Å²) in [7, 11) is 5.48. The molecule has 0 aliphatic heterocycles. The van der Waals surface area contributed by atoms with Gasteiger partial charge in [0.15, 0.2) is 0 Å². The minimum atomic E-state index is -0.697. The summed E-state index contributed by atoms with van der Waals surface area (Å²) in [5, 5.41) is 9.43. The molecule has 1 fully saturated rings. The highest BCUT2D eigenvalue weighted by Crippen LogP contribution is 2.57. The monoisotopic (exact) mass is 249 g/mol. The van der Waals surface area contributed by atoms with E-state index in [1.807, 2.05) is 43.3 Å². The standard InChI is InChI=1S/C14H19NO3/c1-15(2)12(14(8-9-14)13(16)17)10-4-6-11(18-3)7-5-10/h4-7,12H,8-9H2,1-3H3,(H,16,17). The minimum absolute atomic E-state index is 0.0825. The summed E-state index contributed by atoms with van der Waals surface area (Å²) in [6.45, 7) is 0. The van der Waals surface area contributed by atoms with Crippen molar-refractivity contribution >= 4 is 5.97 Å². The molecular formula is C14H19NO3. The van der Waals surface area contributed by atoms with E-state index in [9.17, 15) is 9.90 Å². The Morgan fingerprint density at radius 1 is 1.33 bits per heavy atom. The number of nitrogens with zero attached hydrogens (tertiary/aromatic N) is 1. The van der Waals surface area contributed by atoms with Crippen molar-refractivity contribution in [3.8, 4) is 5.75 Å². The largest absolute Gasteiger partial charge is 0.497 e. The molecule has 0 aromatic heterocycles. The molecule has 98 valence electrons. The second-order valence-corrected chi connectivity index (χ2v) is 5.10. The molecule has 1 atom stereocenters. The van der Waals surface area contributed by atoms with Crippen LogP contribution in [-0.2, 0) is 4.79 Å². The fourth-order valence-electron chi connectivity index (χ4n) is 2.64. The summed E-state index contributed by atoms with van der Waals surface area (Å²) >= 11 is 0. The van der Waals surface area contributed by atoms with E-state index in [4.69, 9.17) is 4.74 Å². The summed E-state index contributed by atoms with van der Waals surface area (Å²) in [5.74, 6) is 0.0912. The molecule has 1 unspecified atom stereocenters. The molecule has 18 heavy (non-hydrogen) atoms. The van der Waals surface area contributed by atoms with Crippen LogP contribution in [0.2, 0.25) is 0 Å². The van der Waals surface area contributed by atoms with Crippen LogP contribution in [0.3, 0.4) is 0 Å². The van der Waals surface area contributed by atoms with E-state index < -0.39 is 11.4 Å². The maximum atomic E-state index is 11.5. The van der Waals surface area contributed by atoms with Crippen molar-refractivity contribution in [2.75, 3.05) is 21.2 Å². The molecule has 0 heterocycles. The molecule has 0 spiro atoms. The van der Waals surface area contributed by atoms with Crippen LogP contribution in [-0.4, -0.2) is 37.2 Å². The number of hydrogen-bond acceptors (Lipinski definition) is 3. The molecule has 0 saturated heterocycles. The normalized spacial score (nSPS) is 18.4. The number of hydrogen-bond donors (Lipinski definition) is 1. The van der Waals surface area contributed by atoms with E-state index >= 15 is 0 Å². The van der Waals surface area contributed by atoms with Gasteiger partial charge in [0, 0.05) is 0 Å². The third-order valence-electron chi connectivity index (χ3n) is 3.69. The van der Waals surface area contributed by atoms with Gasteiger partial charge >= 0.3 is 5.97 Å². The third-order valence-corrected chi connectivity index (χ3v) is 3.69. The van der Waals surface area contributed by atoms with Crippen LogP contribution in [0.5, 0.6) is 5.75 Å². The first-order chi connectivity index (χ1) is 8.51. The van der Waals surface area contributed by atoms with Crippen LogP contribution in [0.25, 0.3) is 0 Å². The lowest BCUT2D eigenvalue weighted by Gasteiger charge is -2.30. The predicted octanol–water partition coefficient (Wildman–Crippen LogP) is 2.16. The first-order valence-corrected chi connectivity index (χ1v) is 6.05. The lowest BCUT2D eigenvalue weighted by Crippen LogP contribution is -2.33. The molecule has 1 aromatic carbocycles. The van der Waals surface area contributed by atoms with Crippen molar-refractivity contribution in [1.29, 1.82) is 0 Å². The van der Waals surface area contributed by atoms with Gasteiger partial charge in [0.1, 0.15) is 5.75 Å². The first kappa shape index (κ1) is 12.9. The lowest BCUT2D eigenvalue weighted by atomic mass is 9.89. The van der Waals surface area contributed by atoms with Gasteiger partial charge in [-0.3, -0.25) is 4.79 Å². The van der Waals surface area contributed by atoms with Crippen LogP contribution < -0.4 is 4.74 Å². The van der Waals surface area contributed by atoms with Gasteiger partial charge in [0.2, 0.25) is 0 Å². The number of carboxylic acids is 1. The smallest absolute Gasteiger partial charge is 0.311 e. The van der Waals surface area contributed by atoms with E-state index in [0.717, 1.165) is 24.2 Å². The molecule has 0 radical (unpaired) electrons. The van der Waals surface area contributed by atoms with Crippen molar-refractivity contribution in [2.24, 2.45) is 5.41 Å². The zero-order valence-electron chi connectivity index (χ0n) is 11.0. The van der Waals surface area contributed by atoms with Crippen LogP contribution >= 0.6 is 0 Å². The first-order valence-electron chi connectivity index (χ1n) is 6.05. The van der Waals surface area contributed by atoms with Crippen LogP contribution in [0.1, 0.15) is 24.4 Å². The molecule has 4 heteroatoms. The van der Waals surface area contributed by atoms with Gasteiger partial charge in [-0.25, -0.2) is 0 Å². The Morgan fingerprint density at radius 3 is 2.22 bits per heavy atom. The second kappa shape index (κ2) is 4.61. The van der Waals surface area contributed by atoms with Crippen molar-refractivity contribution in [3.63, 3.8) is 0 Å². The number of ether oxygens (including phenoxy) is 1. The lowest BCUT2D eigenvalue weighted by molar-refractivity contribution is -0.146. The number of methoxy groups -OCH3 is 1. The molecule has 0 bridgehead atoms. The van der Waals surface area contributed by atoms with E-state index in [-0.39, 0.29) is 6.04 Å². The number of carbonyl (C=O) groups is 1. The molecule has 2 rings (SSSR count). The number of rotatable bonds is 5. The summed E-state index contributed by atoms with van der Waals surface area (Å²) in [4.78, 5) is 13.5. The Labute approximate surface area is 107 Å². The van der Waals surface area contributed by atoms with E-state index in [1.54, 1.807) is 7.11 Å². The van der Waals surface area contributed by atoms with Gasteiger partial charge in [0.25, 0.3) is 0 Å². The average molecular weight is 249 g/mol. The molecule has 1 aliphatic carbocycles. The van der Waals surface area contributed by atoms with Gasteiger partial charge in [-0.1, -0.05) is 12.1 Å². The summed E-state index contributed by atoms with van der Waals surface area (Å²) < 4.78 is 5.13. The molecule has 4 nitrogen and oxygen atoms in total. The van der Waals surface area contributed by atoms with E-state index in [1.165, 1.54) is 0 Å². The molecule has 1 saturated carbocycles. The highest BCUT2D eigenvalue weighted by molar-refractivity contribution is 5.79. The summed E-state index contributed by atoms with van der Waals surface area (Å²) in [5.41, 5.74) is 0.415. The summed E-state index contributed by atoms with van der Waals surface area (Å²) in [6.07, 6.45) is 1.49. The molecule has 0 amide bonds. The fourth-order valence-corrected chi connectivity index (χ4v) is 2.64. The Kier molecular flexibility index (Phi) is 3.30. The van der Waals surface area contributed by atoms with Gasteiger partial charge in [-0.2, -0.15) is 0 Å². The van der Waals surface area contributed by atoms with Crippen LogP contribution in [0.15, 0.2) is 24.3 Å². The Morgan fingerprint density at radius 2 is 1.89 bits per heavy atom. The Hall–Kier alpha value is -1.55. The topological polar surface area (TPSA) is 49.8 Å². The van der Waals surface area contributed by atoms with Crippen LogP contribution in [0.4, 0.5) is 0 Å². The second-order valence-electron chi connectivity index (χ2n) is 5.10. The number of benzene rings is 1. The summed E-state index contributed by atoms with van der Waals surface area (Å²) in [6, 6.07) is 7.58. The average Bonchev–Trinajstić information content (AvgIpc) is 3.11. The van der Waals surface area contributed by atoms with Gasteiger partial charge in [-0.15, -0.1) is 0 Å². The zero-order chi connectivity index (χ0) is 13.3. The number of aliphatic carboxylic acids is 1. The van der Waals surface area contributed by atoms with Crippen molar-refractivity contribution in [2.45, 2.75) is 18.9 Å². The van der Waals surface area contributed by atoms with Crippen molar-refractivity contribution in [3.05, 3.63) is 29.8 Å². The Balaban J connectivity index is 2.33. The van der Waals surface area contributed by atoms with Gasteiger partial charge < -0.3 is 14.7 Å². The molecule has 1 aliphatic rings. The van der Waals surface area contributed by atoms with Crippen molar-refractivity contribution in [1.82, 2.24) is 4.90 Å². The SMILES string of the molecule is COc1ccc(C(N(C)C)C2(C(=O)O)CC2)cc1. The van der Waals surface area contributed by atoms with E-state index in [2.05, 4.69) is 0 Å². The highest BCUT2D eigenvalue weighted by atomic mass is 16.5. The maximum Gasteiger partial charge on any atom is 0.311 e. The highest BCUT2D eigenvalue weighted by Gasteiger charge is 2.57. The van der Waals surface area contributed by atoms with Crippen molar-refractivity contribution < 1.29 is 14.6 Å². The molecular weight excluding hydrogens is 230 g/mol. The minimum Gasteiger partial charge on any atom is -0.497 e. The molecule has 1 aromatic rings.